The Hall–Kier alpha value is -3.43. The zero-order chi connectivity index (χ0) is 24.9. The van der Waals surface area contributed by atoms with Crippen LogP contribution in [-0.4, -0.2) is 48.7 Å². The molecule has 0 aliphatic heterocycles. The number of carbonyl (C=O) groups is 2. The Morgan fingerprint density at radius 2 is 1.76 bits per heavy atom. The second-order valence-electron chi connectivity index (χ2n) is 9.06. The van der Waals surface area contributed by atoms with Crippen molar-refractivity contribution in [2.24, 2.45) is 0 Å². The van der Waals surface area contributed by atoms with E-state index in [9.17, 15) is 14.7 Å². The molecule has 3 aromatic rings. The number of benzene rings is 2. The van der Waals surface area contributed by atoms with Crippen LogP contribution in [-0.2, 0) is 16.1 Å². The number of likely N-dealkylation sites (N-methyl/N-ethyl adjacent to an activating group) is 1. The summed E-state index contributed by atoms with van der Waals surface area (Å²) in [4.78, 5) is 27.7. The lowest BCUT2D eigenvalue weighted by Crippen LogP contribution is -2.39. The van der Waals surface area contributed by atoms with Crippen LogP contribution in [0, 0.1) is 0 Å². The van der Waals surface area contributed by atoms with Crippen LogP contribution < -0.4 is 10.5 Å². The first-order valence-corrected chi connectivity index (χ1v) is 14.6. The summed E-state index contributed by atoms with van der Waals surface area (Å²) in [5.41, 5.74) is 2.22. The molecule has 34 heavy (non-hydrogen) atoms. The Labute approximate surface area is 200 Å². The highest BCUT2D eigenvalue weighted by atomic mass is 28.3. The SMILES string of the molecule is CCOCc1ccc(C(C(=O)Nc2ccc([Si](C)(C)C)cc2)N(C)C(=O)c2cc(O)no2)cc1. The first-order valence-electron chi connectivity index (χ1n) is 11.1. The van der Waals surface area contributed by atoms with Gasteiger partial charge in [-0.1, -0.05) is 61.2 Å². The van der Waals surface area contributed by atoms with Crippen molar-refractivity contribution in [3.05, 3.63) is 71.5 Å². The van der Waals surface area contributed by atoms with Crippen LogP contribution in [0.3, 0.4) is 0 Å². The number of rotatable bonds is 9. The molecule has 0 saturated heterocycles. The van der Waals surface area contributed by atoms with Crippen molar-refractivity contribution in [1.82, 2.24) is 10.1 Å². The first kappa shape index (κ1) is 25.2. The van der Waals surface area contributed by atoms with Crippen LogP contribution in [0.1, 0.15) is 34.6 Å². The van der Waals surface area contributed by atoms with E-state index < -0.39 is 25.9 Å². The van der Waals surface area contributed by atoms with Crippen LogP contribution in [0.15, 0.2) is 59.1 Å². The highest BCUT2D eigenvalue weighted by Crippen LogP contribution is 2.25. The minimum absolute atomic E-state index is 0.162. The molecule has 1 atom stereocenters. The van der Waals surface area contributed by atoms with Crippen molar-refractivity contribution >= 4 is 30.8 Å². The maximum Gasteiger partial charge on any atom is 0.293 e. The van der Waals surface area contributed by atoms with E-state index in [0.29, 0.717) is 24.5 Å². The first-order chi connectivity index (χ1) is 16.1. The number of nitrogens with one attached hydrogen (secondary N) is 1. The maximum atomic E-state index is 13.4. The van der Waals surface area contributed by atoms with Crippen molar-refractivity contribution in [3.63, 3.8) is 0 Å². The van der Waals surface area contributed by atoms with Crippen molar-refractivity contribution < 1.29 is 24.0 Å². The van der Waals surface area contributed by atoms with Crippen molar-refractivity contribution in [3.8, 4) is 5.88 Å². The topological polar surface area (TPSA) is 105 Å². The number of aromatic nitrogens is 1. The molecule has 9 heteroatoms. The summed E-state index contributed by atoms with van der Waals surface area (Å²) in [7, 11) is 0.0417. The zero-order valence-electron chi connectivity index (χ0n) is 20.2. The van der Waals surface area contributed by atoms with Gasteiger partial charge in [0.1, 0.15) is 6.04 Å². The summed E-state index contributed by atoms with van der Waals surface area (Å²) in [6, 6.07) is 15.3. The summed E-state index contributed by atoms with van der Waals surface area (Å²) >= 11 is 0. The highest BCUT2D eigenvalue weighted by Gasteiger charge is 2.31. The Bertz CT molecular complexity index is 1120. The van der Waals surface area contributed by atoms with E-state index in [1.165, 1.54) is 17.1 Å². The van der Waals surface area contributed by atoms with Crippen LogP contribution in [0.4, 0.5) is 5.69 Å². The molecular formula is C25H31N3O5Si. The monoisotopic (exact) mass is 481 g/mol. The van der Waals surface area contributed by atoms with Gasteiger partial charge in [0.2, 0.25) is 5.76 Å². The molecular weight excluding hydrogens is 450 g/mol. The molecule has 180 valence electrons. The lowest BCUT2D eigenvalue weighted by Gasteiger charge is -2.27. The molecule has 2 N–H and O–H groups in total. The third kappa shape index (κ3) is 6.12. The van der Waals surface area contributed by atoms with Gasteiger partial charge in [-0.15, -0.1) is 0 Å². The highest BCUT2D eigenvalue weighted by molar-refractivity contribution is 6.88. The molecule has 1 aromatic heterocycles. The van der Waals surface area contributed by atoms with Crippen LogP contribution in [0.5, 0.6) is 5.88 Å². The number of hydrogen-bond acceptors (Lipinski definition) is 6. The molecule has 1 heterocycles. The van der Waals surface area contributed by atoms with Crippen LogP contribution in [0.25, 0.3) is 0 Å². The maximum absolute atomic E-state index is 13.4. The van der Waals surface area contributed by atoms with Gasteiger partial charge >= 0.3 is 0 Å². The Balaban J connectivity index is 1.88. The predicted molar refractivity (Wildman–Crippen MR) is 133 cm³/mol. The molecule has 2 aromatic carbocycles. The molecule has 8 nitrogen and oxygen atoms in total. The van der Waals surface area contributed by atoms with E-state index in [2.05, 4.69) is 30.1 Å². The van der Waals surface area contributed by atoms with E-state index in [1.807, 2.05) is 43.3 Å². The number of ether oxygens (including phenoxy) is 1. The van der Waals surface area contributed by atoms with E-state index in [0.717, 1.165) is 11.6 Å². The average molecular weight is 482 g/mol. The molecule has 2 amide bonds. The van der Waals surface area contributed by atoms with Gasteiger partial charge in [-0.05, 0) is 35.3 Å². The summed E-state index contributed by atoms with van der Waals surface area (Å²) < 4.78 is 10.3. The minimum atomic E-state index is -1.47. The second kappa shape index (κ2) is 10.7. The molecule has 1 unspecified atom stereocenters. The van der Waals surface area contributed by atoms with E-state index in [4.69, 9.17) is 9.26 Å². The summed E-state index contributed by atoms with van der Waals surface area (Å²) in [5, 5.41) is 17.0. The van der Waals surface area contributed by atoms with Crippen molar-refractivity contribution in [2.75, 3.05) is 19.0 Å². The predicted octanol–water partition coefficient (Wildman–Crippen LogP) is 3.91. The number of aromatic hydroxyl groups is 1. The Morgan fingerprint density at radius 3 is 2.29 bits per heavy atom. The van der Waals surface area contributed by atoms with E-state index in [-0.39, 0.29) is 11.7 Å². The molecule has 0 spiro atoms. The third-order valence-electron chi connectivity index (χ3n) is 5.45. The van der Waals surface area contributed by atoms with Gasteiger partial charge < -0.3 is 24.6 Å². The number of amides is 2. The fraction of sp³-hybridized carbons (Fsp3) is 0.320. The lowest BCUT2D eigenvalue weighted by molar-refractivity contribution is -0.120. The summed E-state index contributed by atoms with van der Waals surface area (Å²) in [6.45, 7) is 9.76. The molecule has 0 bridgehead atoms. The van der Waals surface area contributed by atoms with Crippen molar-refractivity contribution in [1.29, 1.82) is 0 Å². The van der Waals surface area contributed by atoms with Gasteiger partial charge in [0, 0.05) is 19.3 Å². The molecule has 0 radical (unpaired) electrons. The van der Waals surface area contributed by atoms with Gasteiger partial charge in [0.15, 0.2) is 0 Å². The fourth-order valence-corrected chi connectivity index (χ4v) is 4.66. The fourth-order valence-electron chi connectivity index (χ4n) is 3.49. The van der Waals surface area contributed by atoms with Crippen LogP contribution in [0.2, 0.25) is 19.6 Å². The van der Waals surface area contributed by atoms with Gasteiger partial charge in [-0.2, -0.15) is 0 Å². The third-order valence-corrected chi connectivity index (χ3v) is 7.52. The smallest absolute Gasteiger partial charge is 0.293 e. The zero-order valence-corrected chi connectivity index (χ0v) is 21.2. The standard InChI is InChI=1S/C25H31N3O5Si/c1-6-32-16-17-7-9-18(10-8-17)23(28(2)25(31)21-15-22(29)27-33-21)24(30)26-19-11-13-20(14-12-19)34(3,4)5/h7-15,23H,6,16H2,1-5H3,(H,26,30)(H,27,29). The molecule has 3 rings (SSSR count). The Kier molecular flexibility index (Phi) is 7.90. The van der Waals surface area contributed by atoms with Gasteiger partial charge in [-0.25, -0.2) is 0 Å². The lowest BCUT2D eigenvalue weighted by atomic mass is 10.0. The quantitative estimate of drug-likeness (QED) is 0.449. The van der Waals surface area contributed by atoms with Gasteiger partial charge in [0.25, 0.3) is 17.7 Å². The van der Waals surface area contributed by atoms with Gasteiger partial charge in [-0.3, -0.25) is 9.59 Å². The Morgan fingerprint density at radius 1 is 1.12 bits per heavy atom. The summed E-state index contributed by atoms with van der Waals surface area (Å²) in [6.07, 6.45) is 0. The van der Waals surface area contributed by atoms with E-state index in [1.54, 1.807) is 12.1 Å². The number of anilines is 1. The summed E-state index contributed by atoms with van der Waals surface area (Å²) in [5.74, 6) is -1.52. The number of nitrogens with zero attached hydrogens (tertiary/aromatic N) is 2. The number of hydrogen-bond donors (Lipinski definition) is 2. The number of carbonyl (C=O) groups excluding carboxylic acids is 2. The molecule has 0 saturated carbocycles. The second-order valence-corrected chi connectivity index (χ2v) is 14.1. The van der Waals surface area contributed by atoms with Crippen LogP contribution >= 0.6 is 0 Å². The molecule has 0 aliphatic rings. The largest absolute Gasteiger partial charge is 0.491 e. The normalized spacial score (nSPS) is 12.3. The average Bonchev–Trinajstić information content (AvgIpc) is 3.24. The molecule has 0 fully saturated rings. The van der Waals surface area contributed by atoms with Crippen molar-refractivity contribution in [2.45, 2.75) is 39.2 Å². The molecule has 0 aliphatic carbocycles. The van der Waals surface area contributed by atoms with Gasteiger partial charge in [0.05, 0.1) is 20.7 Å². The van der Waals surface area contributed by atoms with E-state index >= 15 is 0 Å². The minimum Gasteiger partial charge on any atom is -0.491 e.